The van der Waals surface area contributed by atoms with Crippen LogP contribution in [0.5, 0.6) is 0 Å². The SMILES string of the molecule is CCOC(=O)[C@@H]1[C@@H]2CC[C@H](CC2(F)F)N1C(=O)OC(C)(C)C. The molecule has 3 rings (SSSR count). The molecule has 126 valence electrons. The molecular weight excluding hydrogens is 296 g/mol. The Morgan fingerprint density at radius 1 is 1.27 bits per heavy atom. The van der Waals surface area contributed by atoms with Crippen LogP contribution in [0.1, 0.15) is 47.0 Å². The maximum Gasteiger partial charge on any atom is 0.411 e. The third-order valence-electron chi connectivity index (χ3n) is 4.07. The highest BCUT2D eigenvalue weighted by Crippen LogP contribution is 2.49. The predicted molar refractivity (Wildman–Crippen MR) is 74.6 cm³/mol. The average Bonchev–Trinajstić information content (AvgIpc) is 2.35. The highest BCUT2D eigenvalue weighted by molar-refractivity contribution is 5.83. The monoisotopic (exact) mass is 319 g/mol. The summed E-state index contributed by atoms with van der Waals surface area (Å²) >= 11 is 0. The van der Waals surface area contributed by atoms with Crippen molar-refractivity contribution in [2.45, 2.75) is 70.6 Å². The molecule has 3 atom stereocenters. The van der Waals surface area contributed by atoms with Gasteiger partial charge in [-0.05, 0) is 40.5 Å². The Hall–Kier alpha value is -1.40. The molecule has 0 unspecified atom stereocenters. The molecule has 2 bridgehead atoms. The van der Waals surface area contributed by atoms with Crippen LogP contribution in [-0.4, -0.2) is 47.2 Å². The van der Waals surface area contributed by atoms with Crippen molar-refractivity contribution in [1.82, 2.24) is 4.90 Å². The molecule has 2 aliphatic heterocycles. The van der Waals surface area contributed by atoms with Crippen molar-refractivity contribution in [3.63, 3.8) is 0 Å². The number of esters is 1. The molecule has 0 N–H and O–H groups in total. The lowest BCUT2D eigenvalue weighted by atomic mass is 9.72. The zero-order valence-corrected chi connectivity index (χ0v) is 13.4. The van der Waals surface area contributed by atoms with Crippen LogP contribution in [0.2, 0.25) is 0 Å². The normalized spacial score (nSPS) is 30.1. The zero-order chi connectivity index (χ0) is 16.7. The molecular formula is C15H23F2NO4. The van der Waals surface area contributed by atoms with Crippen molar-refractivity contribution in [3.05, 3.63) is 0 Å². The van der Waals surface area contributed by atoms with E-state index in [1.165, 1.54) is 4.90 Å². The first-order valence-corrected chi connectivity index (χ1v) is 7.62. The van der Waals surface area contributed by atoms with Gasteiger partial charge in [0.2, 0.25) is 0 Å². The van der Waals surface area contributed by atoms with E-state index in [9.17, 15) is 18.4 Å². The third-order valence-corrected chi connectivity index (χ3v) is 4.07. The van der Waals surface area contributed by atoms with Crippen molar-refractivity contribution in [2.75, 3.05) is 6.61 Å². The number of rotatable bonds is 2. The fourth-order valence-electron chi connectivity index (χ4n) is 3.28. The summed E-state index contributed by atoms with van der Waals surface area (Å²) in [7, 11) is 0. The van der Waals surface area contributed by atoms with E-state index in [0.29, 0.717) is 6.42 Å². The number of carbonyl (C=O) groups excluding carboxylic acids is 2. The van der Waals surface area contributed by atoms with Gasteiger partial charge in [0.05, 0.1) is 12.5 Å². The van der Waals surface area contributed by atoms with Crippen LogP contribution in [0.25, 0.3) is 0 Å². The quantitative estimate of drug-likeness (QED) is 0.734. The highest BCUT2D eigenvalue weighted by atomic mass is 19.3. The molecule has 0 aromatic rings. The predicted octanol–water partition coefficient (Wildman–Crippen LogP) is 2.97. The second kappa shape index (κ2) is 5.66. The molecule has 0 spiro atoms. The molecule has 5 nitrogen and oxygen atoms in total. The largest absolute Gasteiger partial charge is 0.464 e. The summed E-state index contributed by atoms with van der Waals surface area (Å²) in [5.74, 6) is -4.94. The van der Waals surface area contributed by atoms with Gasteiger partial charge in [-0.3, -0.25) is 4.90 Å². The van der Waals surface area contributed by atoms with E-state index in [1.807, 2.05) is 0 Å². The number of piperidine rings is 2. The van der Waals surface area contributed by atoms with Crippen molar-refractivity contribution >= 4 is 12.1 Å². The van der Waals surface area contributed by atoms with E-state index in [-0.39, 0.29) is 13.0 Å². The van der Waals surface area contributed by atoms with Gasteiger partial charge in [-0.1, -0.05) is 0 Å². The Balaban J connectivity index is 2.30. The van der Waals surface area contributed by atoms with E-state index in [4.69, 9.17) is 9.47 Å². The molecule has 0 aromatic heterocycles. The minimum Gasteiger partial charge on any atom is -0.464 e. The van der Waals surface area contributed by atoms with Gasteiger partial charge in [-0.2, -0.15) is 0 Å². The van der Waals surface area contributed by atoms with E-state index < -0.39 is 48.0 Å². The first-order valence-electron chi connectivity index (χ1n) is 7.62. The van der Waals surface area contributed by atoms with Crippen LogP contribution < -0.4 is 0 Å². The number of alkyl halides is 2. The van der Waals surface area contributed by atoms with Gasteiger partial charge < -0.3 is 9.47 Å². The van der Waals surface area contributed by atoms with Crippen molar-refractivity contribution in [3.8, 4) is 0 Å². The lowest BCUT2D eigenvalue weighted by Gasteiger charge is -2.52. The van der Waals surface area contributed by atoms with Crippen molar-refractivity contribution < 1.29 is 27.8 Å². The van der Waals surface area contributed by atoms with Crippen LogP contribution in [0.4, 0.5) is 13.6 Å². The second-order valence-electron chi connectivity index (χ2n) is 6.89. The van der Waals surface area contributed by atoms with E-state index in [0.717, 1.165) is 0 Å². The van der Waals surface area contributed by atoms with Gasteiger partial charge in [0.15, 0.2) is 0 Å². The maximum absolute atomic E-state index is 14.1. The van der Waals surface area contributed by atoms with E-state index in [2.05, 4.69) is 0 Å². The van der Waals surface area contributed by atoms with Gasteiger partial charge >= 0.3 is 12.1 Å². The number of halogens is 2. The Labute approximate surface area is 128 Å². The molecule has 1 aliphatic carbocycles. The number of nitrogens with zero attached hydrogens (tertiary/aromatic N) is 1. The third kappa shape index (κ3) is 3.17. The fraction of sp³-hybridized carbons (Fsp3) is 0.867. The molecule has 1 amide bonds. The topological polar surface area (TPSA) is 55.8 Å². The van der Waals surface area contributed by atoms with E-state index in [1.54, 1.807) is 27.7 Å². The Morgan fingerprint density at radius 2 is 1.91 bits per heavy atom. The molecule has 22 heavy (non-hydrogen) atoms. The summed E-state index contributed by atoms with van der Waals surface area (Å²) in [4.78, 5) is 25.7. The maximum atomic E-state index is 14.1. The van der Waals surface area contributed by atoms with Crippen LogP contribution >= 0.6 is 0 Å². The molecule has 3 aliphatic rings. The summed E-state index contributed by atoms with van der Waals surface area (Å²) in [5, 5.41) is 0. The summed E-state index contributed by atoms with van der Waals surface area (Å²) in [6, 6.07) is -1.96. The summed E-state index contributed by atoms with van der Waals surface area (Å²) in [6.45, 7) is 6.78. The first kappa shape index (κ1) is 17.0. The summed E-state index contributed by atoms with van der Waals surface area (Å²) < 4.78 is 38.5. The number of carbonyl (C=O) groups is 2. The Morgan fingerprint density at radius 3 is 2.41 bits per heavy atom. The van der Waals surface area contributed by atoms with Crippen molar-refractivity contribution in [2.24, 2.45) is 5.92 Å². The van der Waals surface area contributed by atoms with Crippen LogP contribution in [0.3, 0.4) is 0 Å². The Kier molecular flexibility index (Phi) is 4.37. The minimum atomic E-state index is -2.96. The number of hydrogen-bond donors (Lipinski definition) is 0. The van der Waals surface area contributed by atoms with Gasteiger partial charge in [0.1, 0.15) is 11.6 Å². The minimum absolute atomic E-state index is 0.0838. The Bertz CT molecular complexity index is 461. The molecule has 2 heterocycles. The van der Waals surface area contributed by atoms with Gasteiger partial charge in [0.25, 0.3) is 5.92 Å². The van der Waals surface area contributed by atoms with Gasteiger partial charge in [-0.25, -0.2) is 18.4 Å². The molecule has 0 aromatic carbocycles. The molecule has 0 radical (unpaired) electrons. The van der Waals surface area contributed by atoms with Crippen LogP contribution in [0.15, 0.2) is 0 Å². The average molecular weight is 319 g/mol. The summed E-state index contributed by atoms with van der Waals surface area (Å²) in [6.07, 6.45) is -0.487. The number of fused-ring (bicyclic) bond motifs is 3. The second-order valence-corrected chi connectivity index (χ2v) is 6.89. The van der Waals surface area contributed by atoms with Gasteiger partial charge in [-0.15, -0.1) is 0 Å². The van der Waals surface area contributed by atoms with E-state index >= 15 is 0 Å². The molecule has 2 saturated heterocycles. The summed E-state index contributed by atoms with van der Waals surface area (Å²) in [5.41, 5.74) is -0.754. The van der Waals surface area contributed by atoms with Crippen LogP contribution in [-0.2, 0) is 14.3 Å². The number of hydrogen-bond acceptors (Lipinski definition) is 4. The van der Waals surface area contributed by atoms with Crippen molar-refractivity contribution in [1.29, 1.82) is 0 Å². The standard InChI is InChI=1S/C15H23F2NO4/c1-5-21-12(19)11-10-7-6-9(8-15(10,16)17)18(11)13(20)22-14(2,3)4/h9-11H,5-8H2,1-4H3/t9-,10+,11+/m1/s1. The van der Waals surface area contributed by atoms with Crippen LogP contribution in [0, 0.1) is 5.92 Å². The lowest BCUT2D eigenvalue weighted by molar-refractivity contribution is -0.195. The number of ether oxygens (including phenoxy) is 2. The number of amides is 1. The fourth-order valence-corrected chi connectivity index (χ4v) is 3.28. The highest BCUT2D eigenvalue weighted by Gasteiger charge is 2.61. The first-order chi connectivity index (χ1) is 10.1. The van der Waals surface area contributed by atoms with Gasteiger partial charge in [0, 0.05) is 12.5 Å². The molecule has 7 heteroatoms. The lowest BCUT2D eigenvalue weighted by Crippen LogP contribution is -2.67. The smallest absolute Gasteiger partial charge is 0.411 e. The molecule has 1 saturated carbocycles. The molecule has 3 fully saturated rings. The zero-order valence-electron chi connectivity index (χ0n) is 13.4.